The molecule has 5 nitrogen and oxygen atoms in total. The van der Waals surface area contributed by atoms with Gasteiger partial charge < -0.3 is 16.4 Å². The second-order valence-electron chi connectivity index (χ2n) is 5.10. The van der Waals surface area contributed by atoms with Crippen LogP contribution in [-0.2, 0) is 4.79 Å². The Bertz CT molecular complexity index is 484. The van der Waals surface area contributed by atoms with Gasteiger partial charge in [0.05, 0.1) is 0 Å². The van der Waals surface area contributed by atoms with E-state index >= 15 is 0 Å². The molecule has 0 aliphatic carbocycles. The van der Waals surface area contributed by atoms with E-state index < -0.39 is 0 Å². The molecule has 0 aliphatic heterocycles. The van der Waals surface area contributed by atoms with Gasteiger partial charge in [-0.25, -0.2) is 0 Å². The summed E-state index contributed by atoms with van der Waals surface area (Å²) in [7, 11) is 0. The molecule has 0 saturated carbocycles. The Morgan fingerprint density at radius 1 is 1.30 bits per heavy atom. The fourth-order valence-electron chi connectivity index (χ4n) is 1.82. The Morgan fingerprint density at radius 3 is 2.55 bits per heavy atom. The number of rotatable bonds is 6. The summed E-state index contributed by atoms with van der Waals surface area (Å²) in [4.78, 5) is 23.5. The highest BCUT2D eigenvalue weighted by Gasteiger charge is 2.11. The van der Waals surface area contributed by atoms with Gasteiger partial charge in [0.15, 0.2) is 0 Å². The maximum absolute atomic E-state index is 11.9. The molecule has 20 heavy (non-hydrogen) atoms. The first-order valence-electron chi connectivity index (χ1n) is 6.85. The van der Waals surface area contributed by atoms with Crippen molar-refractivity contribution in [2.75, 3.05) is 11.9 Å². The Morgan fingerprint density at radius 2 is 2.00 bits per heavy atom. The molecule has 0 atom stereocenters. The number of nitrogens with one attached hydrogen (secondary N) is 2. The molecule has 0 bridgehead atoms. The third-order valence-corrected chi connectivity index (χ3v) is 2.78. The molecule has 0 spiro atoms. The van der Waals surface area contributed by atoms with Gasteiger partial charge in [-0.1, -0.05) is 0 Å². The molecule has 0 saturated heterocycles. The first kappa shape index (κ1) is 16.2. The van der Waals surface area contributed by atoms with E-state index in [0.717, 1.165) is 5.56 Å². The van der Waals surface area contributed by atoms with E-state index in [-0.39, 0.29) is 17.9 Å². The third-order valence-electron chi connectivity index (χ3n) is 2.78. The lowest BCUT2D eigenvalue weighted by atomic mass is 10.1. The van der Waals surface area contributed by atoms with Crippen molar-refractivity contribution in [1.29, 1.82) is 0 Å². The van der Waals surface area contributed by atoms with Crippen LogP contribution in [-0.4, -0.2) is 24.4 Å². The summed E-state index contributed by atoms with van der Waals surface area (Å²) >= 11 is 0. The standard InChI is InChI=1S/C15H23N3O2/c1-10(2)17-15(20)13-7-6-12(9-11(13)3)18-14(19)5-4-8-16/h6-7,9-10H,4-5,8,16H2,1-3H3,(H,17,20)(H,18,19). The Balaban J connectivity index is 2.72. The number of carbonyl (C=O) groups excluding carboxylic acids is 2. The monoisotopic (exact) mass is 277 g/mol. The fourth-order valence-corrected chi connectivity index (χ4v) is 1.82. The lowest BCUT2D eigenvalue weighted by Gasteiger charge is -2.12. The Labute approximate surface area is 119 Å². The van der Waals surface area contributed by atoms with Crippen molar-refractivity contribution in [3.8, 4) is 0 Å². The van der Waals surface area contributed by atoms with E-state index in [1.54, 1.807) is 18.2 Å². The second-order valence-corrected chi connectivity index (χ2v) is 5.10. The predicted octanol–water partition coefficient (Wildman–Crippen LogP) is 1.81. The molecule has 1 aromatic rings. The summed E-state index contributed by atoms with van der Waals surface area (Å²) in [6.45, 7) is 6.18. The number of amides is 2. The van der Waals surface area contributed by atoms with Crippen LogP contribution in [0.15, 0.2) is 18.2 Å². The molecule has 1 aromatic carbocycles. The molecule has 5 heteroatoms. The van der Waals surface area contributed by atoms with Gasteiger partial charge in [0.25, 0.3) is 5.91 Å². The van der Waals surface area contributed by atoms with Crippen LogP contribution < -0.4 is 16.4 Å². The van der Waals surface area contributed by atoms with Crippen molar-refractivity contribution in [2.45, 2.75) is 39.7 Å². The van der Waals surface area contributed by atoms with Crippen molar-refractivity contribution < 1.29 is 9.59 Å². The fraction of sp³-hybridized carbons (Fsp3) is 0.467. The first-order chi connectivity index (χ1) is 9.43. The van der Waals surface area contributed by atoms with Crippen molar-refractivity contribution >= 4 is 17.5 Å². The van der Waals surface area contributed by atoms with Crippen LogP contribution in [0.4, 0.5) is 5.69 Å². The van der Waals surface area contributed by atoms with E-state index in [1.165, 1.54) is 0 Å². The number of hydrogen-bond donors (Lipinski definition) is 3. The Kier molecular flexibility index (Phi) is 6.18. The average molecular weight is 277 g/mol. The summed E-state index contributed by atoms with van der Waals surface area (Å²) < 4.78 is 0. The van der Waals surface area contributed by atoms with E-state index in [0.29, 0.717) is 30.6 Å². The minimum absolute atomic E-state index is 0.0609. The summed E-state index contributed by atoms with van der Waals surface area (Å²) in [6, 6.07) is 5.36. The van der Waals surface area contributed by atoms with Crippen LogP contribution in [0, 0.1) is 6.92 Å². The molecule has 0 aromatic heterocycles. The summed E-state index contributed by atoms with van der Waals surface area (Å²) in [6.07, 6.45) is 1.07. The lowest BCUT2D eigenvalue weighted by Crippen LogP contribution is -2.30. The molecular weight excluding hydrogens is 254 g/mol. The van der Waals surface area contributed by atoms with E-state index in [2.05, 4.69) is 10.6 Å². The number of anilines is 1. The zero-order valence-electron chi connectivity index (χ0n) is 12.3. The molecule has 2 amide bonds. The van der Waals surface area contributed by atoms with Crippen molar-refractivity contribution in [1.82, 2.24) is 5.32 Å². The number of carbonyl (C=O) groups is 2. The number of nitrogens with two attached hydrogens (primary N) is 1. The SMILES string of the molecule is Cc1cc(NC(=O)CCCN)ccc1C(=O)NC(C)C. The van der Waals surface area contributed by atoms with Gasteiger partial charge in [-0.15, -0.1) is 0 Å². The predicted molar refractivity (Wildman–Crippen MR) is 80.7 cm³/mol. The number of aryl methyl sites for hydroxylation is 1. The van der Waals surface area contributed by atoms with Crippen LogP contribution in [0.1, 0.15) is 42.6 Å². The molecule has 0 aliphatic rings. The van der Waals surface area contributed by atoms with Crippen LogP contribution in [0.3, 0.4) is 0 Å². The molecular formula is C15H23N3O2. The van der Waals surface area contributed by atoms with Gasteiger partial charge in [-0.2, -0.15) is 0 Å². The van der Waals surface area contributed by atoms with Gasteiger partial charge in [0.1, 0.15) is 0 Å². The van der Waals surface area contributed by atoms with Crippen LogP contribution >= 0.6 is 0 Å². The van der Waals surface area contributed by atoms with Gasteiger partial charge in [-0.05, 0) is 57.5 Å². The Hall–Kier alpha value is -1.88. The number of benzene rings is 1. The quantitative estimate of drug-likeness (QED) is 0.741. The van der Waals surface area contributed by atoms with Gasteiger partial charge in [-0.3, -0.25) is 9.59 Å². The van der Waals surface area contributed by atoms with E-state index in [4.69, 9.17) is 5.73 Å². The molecule has 0 radical (unpaired) electrons. The highest BCUT2D eigenvalue weighted by atomic mass is 16.2. The molecule has 0 heterocycles. The van der Waals surface area contributed by atoms with Gasteiger partial charge in [0.2, 0.25) is 5.91 Å². The summed E-state index contributed by atoms with van der Waals surface area (Å²) in [5.41, 5.74) is 7.52. The van der Waals surface area contributed by atoms with Crippen LogP contribution in [0.25, 0.3) is 0 Å². The molecule has 110 valence electrons. The van der Waals surface area contributed by atoms with E-state index in [9.17, 15) is 9.59 Å². The maximum atomic E-state index is 11.9. The third kappa shape index (κ3) is 5.01. The smallest absolute Gasteiger partial charge is 0.251 e. The molecule has 0 unspecified atom stereocenters. The topological polar surface area (TPSA) is 84.2 Å². The zero-order chi connectivity index (χ0) is 15.1. The first-order valence-corrected chi connectivity index (χ1v) is 6.85. The second kappa shape index (κ2) is 7.65. The zero-order valence-corrected chi connectivity index (χ0v) is 12.3. The maximum Gasteiger partial charge on any atom is 0.251 e. The van der Waals surface area contributed by atoms with Crippen molar-refractivity contribution in [2.24, 2.45) is 5.73 Å². The molecule has 0 fully saturated rings. The van der Waals surface area contributed by atoms with Gasteiger partial charge >= 0.3 is 0 Å². The molecule has 4 N–H and O–H groups in total. The summed E-state index contributed by atoms with van der Waals surface area (Å²) in [5.74, 6) is -0.159. The van der Waals surface area contributed by atoms with Crippen molar-refractivity contribution in [3.63, 3.8) is 0 Å². The minimum Gasteiger partial charge on any atom is -0.350 e. The largest absolute Gasteiger partial charge is 0.350 e. The summed E-state index contributed by atoms with van der Waals surface area (Å²) in [5, 5.41) is 5.65. The number of hydrogen-bond acceptors (Lipinski definition) is 3. The van der Waals surface area contributed by atoms with Crippen LogP contribution in [0.2, 0.25) is 0 Å². The van der Waals surface area contributed by atoms with E-state index in [1.807, 2.05) is 20.8 Å². The van der Waals surface area contributed by atoms with Crippen molar-refractivity contribution in [3.05, 3.63) is 29.3 Å². The molecule has 1 rings (SSSR count). The highest BCUT2D eigenvalue weighted by molar-refractivity contribution is 5.97. The lowest BCUT2D eigenvalue weighted by molar-refractivity contribution is -0.116. The minimum atomic E-state index is -0.0986. The van der Waals surface area contributed by atoms with Crippen LogP contribution in [0.5, 0.6) is 0 Å². The normalized spacial score (nSPS) is 10.4. The van der Waals surface area contributed by atoms with Gasteiger partial charge in [0, 0.05) is 23.7 Å². The highest BCUT2D eigenvalue weighted by Crippen LogP contribution is 2.15. The average Bonchev–Trinajstić information content (AvgIpc) is 2.35.